The topological polar surface area (TPSA) is 36.1 Å². The molecule has 0 aliphatic carbocycles. The number of hydrogen-bond donors (Lipinski definition) is 2. The molecule has 9 heavy (non-hydrogen) atoms. The number of thiol groups is 2. The van der Waals surface area contributed by atoms with Crippen molar-refractivity contribution in [2.24, 2.45) is 4.40 Å². The minimum atomic E-state index is -1.68. The van der Waals surface area contributed by atoms with Gasteiger partial charge in [0.1, 0.15) is 11.0 Å². The molecule has 5 heteroatoms. The lowest BCUT2D eigenvalue weighted by atomic mass is 10.5. The first kappa shape index (κ1) is 7.06. The Hall–Kier alpha value is -0.0500. The van der Waals surface area contributed by atoms with Crippen LogP contribution in [0.3, 0.4) is 0 Å². The zero-order valence-electron chi connectivity index (χ0n) is 4.35. The van der Waals surface area contributed by atoms with Crippen LogP contribution >= 0.6 is 31.6 Å². The van der Waals surface area contributed by atoms with Crippen molar-refractivity contribution in [3.05, 3.63) is 11.0 Å². The van der Waals surface area contributed by atoms with E-state index in [-0.39, 0.29) is 0 Å². The number of rotatable bonds is 0. The van der Waals surface area contributed by atoms with Crippen LogP contribution in [0.15, 0.2) is 15.4 Å². The lowest BCUT2D eigenvalue weighted by molar-refractivity contribution is 1.53. The number of nitriles is 1. The molecule has 1 aliphatic heterocycles. The van der Waals surface area contributed by atoms with Crippen LogP contribution in [0.1, 0.15) is 0 Å². The standard InChI is InChI=1S/C4H4N2S3/c5-3-4-1-2-6-9(4,7)8/h1-2,7-8H. The van der Waals surface area contributed by atoms with Gasteiger partial charge in [0.25, 0.3) is 0 Å². The Morgan fingerprint density at radius 1 is 1.67 bits per heavy atom. The SMILES string of the molecule is N#CC1=CC=NS1(S)S. The van der Waals surface area contributed by atoms with Crippen molar-refractivity contribution in [1.82, 2.24) is 0 Å². The molecule has 0 bridgehead atoms. The summed E-state index contributed by atoms with van der Waals surface area (Å²) in [6, 6.07) is 1.97. The first-order valence-electron chi connectivity index (χ1n) is 2.11. The monoisotopic (exact) mass is 176 g/mol. The van der Waals surface area contributed by atoms with E-state index in [1.807, 2.05) is 6.07 Å². The fourth-order valence-electron chi connectivity index (χ4n) is 0.430. The Morgan fingerprint density at radius 3 is 2.56 bits per heavy atom. The van der Waals surface area contributed by atoms with Crippen LogP contribution in [0.25, 0.3) is 0 Å². The van der Waals surface area contributed by atoms with E-state index in [2.05, 4.69) is 27.7 Å². The van der Waals surface area contributed by atoms with Crippen molar-refractivity contribution in [3.8, 4) is 6.07 Å². The number of allylic oxidation sites excluding steroid dienone is 2. The Morgan fingerprint density at radius 2 is 2.33 bits per heavy atom. The van der Waals surface area contributed by atoms with Gasteiger partial charge in [-0.25, -0.2) is 4.40 Å². The maximum atomic E-state index is 8.43. The van der Waals surface area contributed by atoms with Gasteiger partial charge in [-0.15, -0.1) is 0 Å². The minimum Gasteiger partial charge on any atom is -0.221 e. The Labute approximate surface area is 64.7 Å². The molecule has 0 atom stereocenters. The first-order chi connectivity index (χ1) is 4.17. The Balaban J connectivity index is 2.95. The highest BCUT2D eigenvalue weighted by Gasteiger charge is 2.20. The van der Waals surface area contributed by atoms with E-state index < -0.39 is 8.28 Å². The fraction of sp³-hybridized carbons (Fsp3) is 0. The van der Waals surface area contributed by atoms with E-state index in [4.69, 9.17) is 5.26 Å². The summed E-state index contributed by atoms with van der Waals surface area (Å²) in [6.45, 7) is 0. The summed E-state index contributed by atoms with van der Waals surface area (Å²) >= 11 is 8.17. The average Bonchev–Trinajstić information content (AvgIpc) is 2.08. The van der Waals surface area contributed by atoms with Crippen LogP contribution in [0.4, 0.5) is 0 Å². The van der Waals surface area contributed by atoms with Crippen LogP contribution in [0.5, 0.6) is 0 Å². The molecule has 0 aromatic carbocycles. The molecule has 1 aliphatic rings. The molecule has 2 nitrogen and oxygen atoms in total. The zero-order chi connectivity index (χ0) is 6.91. The molecule has 48 valence electrons. The highest BCUT2D eigenvalue weighted by Crippen LogP contribution is 2.66. The minimum absolute atomic E-state index is 0.550. The molecule has 0 saturated carbocycles. The predicted octanol–water partition coefficient (Wildman–Crippen LogP) is 1.89. The van der Waals surface area contributed by atoms with Gasteiger partial charge in [0, 0.05) is 6.21 Å². The number of nitrogens with zero attached hydrogens (tertiary/aromatic N) is 2. The molecule has 0 spiro atoms. The molecule has 0 fully saturated rings. The summed E-state index contributed by atoms with van der Waals surface area (Å²) in [7, 11) is -1.68. The van der Waals surface area contributed by atoms with Gasteiger partial charge in [-0.3, -0.25) is 0 Å². The summed E-state index contributed by atoms with van der Waals surface area (Å²) in [5.74, 6) is 0. The summed E-state index contributed by atoms with van der Waals surface area (Å²) in [5, 5.41) is 8.43. The lowest BCUT2D eigenvalue weighted by Crippen LogP contribution is -1.73. The van der Waals surface area contributed by atoms with E-state index in [1.165, 1.54) is 0 Å². The molecule has 1 heterocycles. The second-order valence-corrected chi connectivity index (χ2v) is 7.14. The summed E-state index contributed by atoms with van der Waals surface area (Å²) in [4.78, 5) is 0.550. The van der Waals surface area contributed by atoms with Gasteiger partial charge in [0.2, 0.25) is 0 Å². The van der Waals surface area contributed by atoms with Crippen molar-refractivity contribution in [2.45, 2.75) is 0 Å². The van der Waals surface area contributed by atoms with E-state index in [0.29, 0.717) is 4.91 Å². The summed E-state index contributed by atoms with van der Waals surface area (Å²) < 4.78 is 3.89. The molecule has 0 aromatic heterocycles. The van der Waals surface area contributed by atoms with Crippen LogP contribution in [-0.4, -0.2) is 6.21 Å². The van der Waals surface area contributed by atoms with E-state index >= 15 is 0 Å². The van der Waals surface area contributed by atoms with Crippen LogP contribution in [0.2, 0.25) is 0 Å². The van der Waals surface area contributed by atoms with Gasteiger partial charge >= 0.3 is 0 Å². The Bertz CT molecular complexity index is 222. The van der Waals surface area contributed by atoms with E-state index in [9.17, 15) is 0 Å². The van der Waals surface area contributed by atoms with Crippen LogP contribution < -0.4 is 0 Å². The normalized spacial score (nSPS) is 24.8. The third-order valence-corrected chi connectivity index (χ3v) is 3.82. The molecule has 0 unspecified atom stereocenters. The predicted molar refractivity (Wildman–Crippen MR) is 47.8 cm³/mol. The second kappa shape index (κ2) is 2.29. The highest BCUT2D eigenvalue weighted by molar-refractivity contribution is 9.19. The van der Waals surface area contributed by atoms with Gasteiger partial charge in [-0.1, -0.05) is 23.3 Å². The summed E-state index contributed by atoms with van der Waals surface area (Å²) in [6.07, 6.45) is 3.20. The van der Waals surface area contributed by atoms with Crippen molar-refractivity contribution in [1.29, 1.82) is 5.26 Å². The molecule has 0 saturated heterocycles. The number of hydrogen-bond acceptors (Lipinski definition) is 4. The molecule has 1 rings (SSSR count). The molecule has 0 radical (unpaired) electrons. The molecule has 0 N–H and O–H groups in total. The quantitative estimate of drug-likeness (QED) is 0.429. The molecular weight excluding hydrogens is 172 g/mol. The van der Waals surface area contributed by atoms with Gasteiger partial charge in [0.05, 0.1) is 0 Å². The Kier molecular flexibility index (Phi) is 1.80. The lowest BCUT2D eigenvalue weighted by Gasteiger charge is -2.16. The second-order valence-electron chi connectivity index (χ2n) is 1.42. The van der Waals surface area contributed by atoms with Crippen molar-refractivity contribution < 1.29 is 0 Å². The van der Waals surface area contributed by atoms with Crippen molar-refractivity contribution in [3.63, 3.8) is 0 Å². The molecule has 0 amide bonds. The first-order valence-corrected chi connectivity index (χ1v) is 5.80. The maximum absolute atomic E-state index is 8.43. The smallest absolute Gasteiger partial charge is 0.108 e. The maximum Gasteiger partial charge on any atom is 0.108 e. The van der Waals surface area contributed by atoms with E-state index in [1.54, 1.807) is 12.3 Å². The summed E-state index contributed by atoms with van der Waals surface area (Å²) in [5.41, 5.74) is 0. The van der Waals surface area contributed by atoms with E-state index in [0.717, 1.165) is 0 Å². The fourth-order valence-corrected chi connectivity index (χ4v) is 2.08. The third-order valence-electron chi connectivity index (χ3n) is 0.839. The average molecular weight is 176 g/mol. The molecular formula is C4H4N2S3. The van der Waals surface area contributed by atoms with Gasteiger partial charge in [0.15, 0.2) is 0 Å². The van der Waals surface area contributed by atoms with Crippen molar-refractivity contribution >= 4 is 37.8 Å². The zero-order valence-corrected chi connectivity index (χ0v) is 6.96. The van der Waals surface area contributed by atoms with Crippen LogP contribution in [-0.2, 0) is 0 Å². The highest BCUT2D eigenvalue weighted by atomic mass is 33.5. The van der Waals surface area contributed by atoms with Gasteiger partial charge in [-0.2, -0.15) is 5.26 Å². The molecule has 0 aromatic rings. The van der Waals surface area contributed by atoms with Gasteiger partial charge in [-0.05, 0) is 14.4 Å². The van der Waals surface area contributed by atoms with Crippen LogP contribution in [0, 0.1) is 11.3 Å². The third kappa shape index (κ3) is 1.26. The van der Waals surface area contributed by atoms with Gasteiger partial charge < -0.3 is 0 Å². The largest absolute Gasteiger partial charge is 0.221 e. The van der Waals surface area contributed by atoms with Crippen molar-refractivity contribution in [2.75, 3.05) is 0 Å².